The van der Waals surface area contributed by atoms with Crippen molar-refractivity contribution in [1.29, 1.82) is 0 Å². The van der Waals surface area contributed by atoms with Crippen LogP contribution in [0.5, 0.6) is 0 Å². The van der Waals surface area contributed by atoms with Gasteiger partial charge in [-0.3, -0.25) is 4.79 Å². The van der Waals surface area contributed by atoms with E-state index in [2.05, 4.69) is 46.9 Å². The number of hydrogen-bond donors (Lipinski definition) is 2. The van der Waals surface area contributed by atoms with Gasteiger partial charge in [-0.1, -0.05) is 27.7 Å². The van der Waals surface area contributed by atoms with Crippen LogP contribution < -0.4 is 5.32 Å². The fourth-order valence-electron chi connectivity index (χ4n) is 9.35. The second-order valence-electron chi connectivity index (χ2n) is 12.9. The summed E-state index contributed by atoms with van der Waals surface area (Å²) in [7, 11) is 0. The van der Waals surface area contributed by atoms with Crippen LogP contribution in [0.1, 0.15) is 92.9 Å². The van der Waals surface area contributed by atoms with Crippen molar-refractivity contribution in [1.82, 2.24) is 5.32 Å². The van der Waals surface area contributed by atoms with Crippen molar-refractivity contribution >= 4 is 5.97 Å². The molecule has 4 aliphatic rings. The Morgan fingerprint density at radius 1 is 1.00 bits per heavy atom. The summed E-state index contributed by atoms with van der Waals surface area (Å²) in [5, 5.41) is 14.1. The van der Waals surface area contributed by atoms with E-state index >= 15 is 0 Å². The molecule has 0 aromatic carbocycles. The molecule has 0 amide bonds. The minimum Gasteiger partial charge on any atom is -0.481 e. The quantitative estimate of drug-likeness (QED) is 0.442. The topological polar surface area (TPSA) is 67.8 Å². The van der Waals surface area contributed by atoms with Crippen LogP contribution in [0, 0.1) is 46.3 Å². The summed E-state index contributed by atoms with van der Waals surface area (Å²) in [5.74, 6) is 2.32. The normalized spacial score (nSPS) is 46.1. The van der Waals surface area contributed by atoms with Crippen molar-refractivity contribution in [3.05, 3.63) is 0 Å². The SMILES string of the molecule is CCOC1CC2CC[C@@H]3[C@@H](C(NCCC(C)C)C[C@]4(C)C(C(=O)O)CC[C@@H]34)[C@@]2(C)CC1OCC. The van der Waals surface area contributed by atoms with Gasteiger partial charge in [0.15, 0.2) is 0 Å². The molecule has 0 aromatic heterocycles. The van der Waals surface area contributed by atoms with E-state index in [9.17, 15) is 9.90 Å². The molecule has 4 aliphatic carbocycles. The lowest BCUT2D eigenvalue weighted by molar-refractivity contribution is -0.190. The van der Waals surface area contributed by atoms with E-state index in [4.69, 9.17) is 9.47 Å². The molecule has 196 valence electrons. The average Bonchev–Trinajstić information content (AvgIpc) is 3.11. The molecule has 0 bridgehead atoms. The molecule has 0 saturated heterocycles. The Kier molecular flexibility index (Phi) is 8.06. The first-order valence-electron chi connectivity index (χ1n) is 14.3. The van der Waals surface area contributed by atoms with Gasteiger partial charge >= 0.3 is 5.97 Å². The first kappa shape index (κ1) is 26.4. The fourth-order valence-corrected chi connectivity index (χ4v) is 9.35. The van der Waals surface area contributed by atoms with Crippen LogP contribution in [0.25, 0.3) is 0 Å². The number of ether oxygens (including phenoxy) is 2. The maximum atomic E-state index is 12.3. The molecule has 0 spiro atoms. The van der Waals surface area contributed by atoms with Gasteiger partial charge in [-0.2, -0.15) is 0 Å². The Labute approximate surface area is 208 Å². The average molecular weight is 478 g/mol. The van der Waals surface area contributed by atoms with Crippen LogP contribution in [0.3, 0.4) is 0 Å². The van der Waals surface area contributed by atoms with Gasteiger partial charge in [0, 0.05) is 19.3 Å². The van der Waals surface area contributed by atoms with Gasteiger partial charge < -0.3 is 19.9 Å². The summed E-state index contributed by atoms with van der Waals surface area (Å²) in [4.78, 5) is 12.3. The van der Waals surface area contributed by atoms with Crippen LogP contribution >= 0.6 is 0 Å². The molecule has 0 aliphatic heterocycles. The molecular weight excluding hydrogens is 426 g/mol. The number of fused-ring (bicyclic) bond motifs is 5. The molecule has 5 nitrogen and oxygen atoms in total. The van der Waals surface area contributed by atoms with Crippen molar-refractivity contribution in [2.24, 2.45) is 46.3 Å². The molecule has 2 N–H and O–H groups in total. The van der Waals surface area contributed by atoms with E-state index < -0.39 is 5.97 Å². The van der Waals surface area contributed by atoms with Crippen LogP contribution in [0.4, 0.5) is 0 Å². The summed E-state index contributed by atoms with van der Waals surface area (Å²) in [5.41, 5.74) is 0.127. The zero-order chi connectivity index (χ0) is 24.7. The first-order chi connectivity index (χ1) is 16.2. The molecule has 5 unspecified atom stereocenters. The van der Waals surface area contributed by atoms with Crippen molar-refractivity contribution in [2.75, 3.05) is 19.8 Å². The van der Waals surface area contributed by atoms with Crippen LogP contribution in [0.2, 0.25) is 0 Å². The highest BCUT2D eigenvalue weighted by molar-refractivity contribution is 5.71. The third-order valence-electron chi connectivity index (χ3n) is 10.8. The lowest BCUT2D eigenvalue weighted by Crippen LogP contribution is -2.64. The Hall–Kier alpha value is -0.650. The summed E-state index contributed by atoms with van der Waals surface area (Å²) in [6, 6.07) is 0.392. The molecule has 4 saturated carbocycles. The summed E-state index contributed by atoms with van der Waals surface area (Å²) in [6.07, 6.45) is 9.18. The number of hydrogen-bond acceptors (Lipinski definition) is 4. The van der Waals surface area contributed by atoms with E-state index in [1.165, 1.54) is 19.3 Å². The number of carbonyl (C=O) groups is 1. The number of carboxylic acids is 1. The lowest BCUT2D eigenvalue weighted by atomic mass is 9.43. The monoisotopic (exact) mass is 477 g/mol. The Bertz CT molecular complexity index is 712. The Balaban J connectivity index is 1.66. The van der Waals surface area contributed by atoms with E-state index in [1.807, 2.05) is 0 Å². The number of aliphatic carboxylic acids is 1. The predicted octanol–water partition coefficient (Wildman–Crippen LogP) is 5.76. The fraction of sp³-hybridized carbons (Fsp3) is 0.966. The maximum Gasteiger partial charge on any atom is 0.307 e. The summed E-state index contributed by atoms with van der Waals surface area (Å²) in [6.45, 7) is 16.2. The minimum atomic E-state index is -0.571. The lowest BCUT2D eigenvalue weighted by Gasteiger charge is -2.64. The Morgan fingerprint density at radius 3 is 2.35 bits per heavy atom. The standard InChI is InChI=1S/C29H51NO4/c1-7-33-24-15-19-9-10-20-21-11-12-22(27(31)32)29(21,6)16-23(30-14-13-18(3)4)26(20)28(19,5)17-25(24)34-8-2/h18-26,30H,7-17H2,1-6H3,(H,31,32)/t19?,20-,21-,22?,23?,24?,25?,26-,28-,29-/m0/s1. The first-order valence-corrected chi connectivity index (χ1v) is 14.3. The molecule has 10 atom stereocenters. The highest BCUT2D eigenvalue weighted by Gasteiger charge is 2.65. The molecule has 34 heavy (non-hydrogen) atoms. The molecule has 0 radical (unpaired) electrons. The van der Waals surface area contributed by atoms with Gasteiger partial charge in [-0.05, 0) is 112 Å². The molecule has 4 fully saturated rings. The second-order valence-corrected chi connectivity index (χ2v) is 12.9. The van der Waals surface area contributed by atoms with Crippen LogP contribution in [0.15, 0.2) is 0 Å². The van der Waals surface area contributed by atoms with Gasteiger partial charge in [0.2, 0.25) is 0 Å². The van der Waals surface area contributed by atoms with Gasteiger partial charge in [0.25, 0.3) is 0 Å². The van der Waals surface area contributed by atoms with Gasteiger partial charge in [0.05, 0.1) is 18.1 Å². The van der Waals surface area contributed by atoms with Crippen molar-refractivity contribution in [3.8, 4) is 0 Å². The predicted molar refractivity (Wildman–Crippen MR) is 136 cm³/mol. The molecule has 5 heteroatoms. The van der Waals surface area contributed by atoms with Gasteiger partial charge in [-0.25, -0.2) is 0 Å². The third-order valence-corrected chi connectivity index (χ3v) is 10.8. The van der Waals surface area contributed by atoms with Crippen molar-refractivity contribution in [3.63, 3.8) is 0 Å². The van der Waals surface area contributed by atoms with Gasteiger partial charge in [0.1, 0.15) is 0 Å². The third kappa shape index (κ3) is 4.59. The highest BCUT2D eigenvalue weighted by atomic mass is 16.5. The maximum absolute atomic E-state index is 12.3. The second kappa shape index (κ2) is 10.4. The summed E-state index contributed by atoms with van der Waals surface area (Å²) >= 11 is 0. The highest BCUT2D eigenvalue weighted by Crippen LogP contribution is 2.67. The van der Waals surface area contributed by atoms with E-state index in [0.717, 1.165) is 51.9 Å². The number of nitrogens with one attached hydrogen (secondary N) is 1. The van der Waals surface area contributed by atoms with Crippen LogP contribution in [-0.2, 0) is 14.3 Å². The largest absolute Gasteiger partial charge is 0.481 e. The summed E-state index contributed by atoms with van der Waals surface area (Å²) < 4.78 is 12.5. The molecular formula is C29H51NO4. The number of carboxylic acid groups (broad SMARTS) is 1. The number of rotatable bonds is 9. The van der Waals surface area contributed by atoms with E-state index in [0.29, 0.717) is 35.6 Å². The van der Waals surface area contributed by atoms with Crippen molar-refractivity contribution in [2.45, 2.75) is 111 Å². The van der Waals surface area contributed by atoms with Gasteiger partial charge in [-0.15, -0.1) is 0 Å². The molecule has 4 rings (SSSR count). The molecule has 0 heterocycles. The smallest absolute Gasteiger partial charge is 0.307 e. The Morgan fingerprint density at radius 2 is 1.71 bits per heavy atom. The zero-order valence-corrected chi connectivity index (χ0v) is 22.6. The van der Waals surface area contributed by atoms with E-state index in [1.54, 1.807) is 0 Å². The molecule has 0 aromatic rings. The zero-order valence-electron chi connectivity index (χ0n) is 22.6. The van der Waals surface area contributed by atoms with Crippen molar-refractivity contribution < 1.29 is 19.4 Å². The van der Waals surface area contributed by atoms with E-state index in [-0.39, 0.29) is 29.0 Å². The minimum absolute atomic E-state index is 0.0897. The van der Waals surface area contributed by atoms with Crippen LogP contribution in [-0.4, -0.2) is 49.1 Å².